The first-order valence-electron chi connectivity index (χ1n) is 3.59. The van der Waals surface area contributed by atoms with Crippen LogP contribution >= 0.6 is 0 Å². The van der Waals surface area contributed by atoms with Gasteiger partial charge in [0.2, 0.25) is 15.8 Å². The third kappa shape index (κ3) is 2.57. The van der Waals surface area contributed by atoms with E-state index >= 15 is 0 Å². The van der Waals surface area contributed by atoms with E-state index < -0.39 is 21.7 Å². The molecule has 1 rings (SSSR count). The van der Waals surface area contributed by atoms with Crippen LogP contribution in [0, 0.1) is 0 Å². The molecule has 0 aliphatic rings. The van der Waals surface area contributed by atoms with Crippen LogP contribution in [0.15, 0.2) is 16.7 Å². The molecule has 14 heavy (non-hydrogen) atoms. The summed E-state index contributed by atoms with van der Waals surface area (Å²) in [5.41, 5.74) is 0.194. The van der Waals surface area contributed by atoms with Gasteiger partial charge in [0.1, 0.15) is 0 Å². The van der Waals surface area contributed by atoms with E-state index in [1.165, 1.54) is 19.4 Å². The summed E-state index contributed by atoms with van der Waals surface area (Å²) in [7, 11) is -2.51. The molecule has 0 fully saturated rings. The average molecular weight is 219 g/mol. The van der Waals surface area contributed by atoms with Gasteiger partial charge in [0.15, 0.2) is 0 Å². The molecular formula is C7H9NO5S. The lowest BCUT2D eigenvalue weighted by Gasteiger charge is -1.98. The van der Waals surface area contributed by atoms with E-state index in [-0.39, 0.29) is 11.3 Å². The van der Waals surface area contributed by atoms with Crippen molar-refractivity contribution in [2.75, 3.05) is 7.11 Å². The molecule has 6 nitrogen and oxygen atoms in total. The van der Waals surface area contributed by atoms with Gasteiger partial charge in [-0.05, 0) is 6.07 Å². The van der Waals surface area contributed by atoms with Gasteiger partial charge in [-0.25, -0.2) is 18.4 Å². The number of methoxy groups -OCH3 is 1. The van der Waals surface area contributed by atoms with Crippen molar-refractivity contribution in [1.29, 1.82) is 0 Å². The van der Waals surface area contributed by atoms with Crippen LogP contribution in [0.5, 0.6) is 0 Å². The highest BCUT2D eigenvalue weighted by Gasteiger charge is 2.18. The number of hydrogen-bond acceptors (Lipinski definition) is 5. The van der Waals surface area contributed by atoms with E-state index in [1.807, 2.05) is 0 Å². The van der Waals surface area contributed by atoms with E-state index in [0.29, 0.717) is 0 Å². The number of carbonyl (C=O) groups is 1. The molecule has 0 radical (unpaired) electrons. The normalized spacial score (nSPS) is 11.3. The summed E-state index contributed by atoms with van der Waals surface area (Å²) in [6.45, 7) is 0. The minimum Gasteiger partial charge on any atom is -0.463 e. The van der Waals surface area contributed by atoms with E-state index in [0.717, 1.165) is 0 Å². The largest absolute Gasteiger partial charge is 0.463 e. The van der Waals surface area contributed by atoms with Crippen LogP contribution < -0.4 is 5.14 Å². The molecule has 1 heterocycles. The third-order valence-electron chi connectivity index (χ3n) is 1.47. The fourth-order valence-electron chi connectivity index (χ4n) is 0.938. The maximum Gasteiger partial charge on any atom is 0.374 e. The van der Waals surface area contributed by atoms with Gasteiger partial charge in [-0.15, -0.1) is 0 Å². The minimum absolute atomic E-state index is 0.137. The molecular weight excluding hydrogens is 210 g/mol. The van der Waals surface area contributed by atoms with Crippen LogP contribution in [0.4, 0.5) is 0 Å². The average Bonchev–Trinajstić information content (AvgIpc) is 2.48. The topological polar surface area (TPSA) is 99.6 Å². The minimum atomic E-state index is -3.68. The van der Waals surface area contributed by atoms with E-state index in [4.69, 9.17) is 9.56 Å². The molecule has 0 bridgehead atoms. The highest BCUT2D eigenvalue weighted by Crippen LogP contribution is 2.13. The van der Waals surface area contributed by atoms with Crippen molar-refractivity contribution in [3.63, 3.8) is 0 Å². The molecule has 0 aliphatic heterocycles. The Balaban J connectivity index is 3.00. The Kier molecular flexibility index (Phi) is 2.92. The van der Waals surface area contributed by atoms with Gasteiger partial charge in [0, 0.05) is 5.56 Å². The first-order chi connectivity index (χ1) is 6.44. The van der Waals surface area contributed by atoms with Gasteiger partial charge in [-0.3, -0.25) is 0 Å². The van der Waals surface area contributed by atoms with Crippen LogP contribution in [0.3, 0.4) is 0 Å². The van der Waals surface area contributed by atoms with Crippen LogP contribution in [-0.4, -0.2) is 21.5 Å². The molecule has 0 unspecified atom stereocenters. The molecule has 1 aromatic rings. The standard InChI is InChI=1S/C7H9NO5S/c1-12-7(9)6-5(2-3-13-6)4-14(8,10)11/h2-3H,4H2,1H3,(H2,8,10,11). The molecule has 0 saturated heterocycles. The monoisotopic (exact) mass is 219 g/mol. The quantitative estimate of drug-likeness (QED) is 0.713. The number of nitrogens with two attached hydrogens (primary N) is 1. The van der Waals surface area contributed by atoms with Crippen LogP contribution in [-0.2, 0) is 20.5 Å². The number of esters is 1. The van der Waals surface area contributed by atoms with Gasteiger partial charge in [-0.2, -0.15) is 0 Å². The Bertz CT molecular complexity index is 433. The van der Waals surface area contributed by atoms with Crippen LogP contribution in [0.25, 0.3) is 0 Å². The lowest BCUT2D eigenvalue weighted by molar-refractivity contribution is 0.0564. The van der Waals surface area contributed by atoms with E-state index in [9.17, 15) is 13.2 Å². The van der Waals surface area contributed by atoms with Crippen molar-refractivity contribution < 1.29 is 22.4 Å². The van der Waals surface area contributed by atoms with Crippen molar-refractivity contribution in [2.24, 2.45) is 5.14 Å². The molecule has 0 atom stereocenters. The number of primary sulfonamides is 1. The lowest BCUT2D eigenvalue weighted by Crippen LogP contribution is -2.16. The van der Waals surface area contributed by atoms with Gasteiger partial charge >= 0.3 is 5.97 Å². The molecule has 0 saturated carbocycles. The Morgan fingerprint density at radius 3 is 2.79 bits per heavy atom. The van der Waals surface area contributed by atoms with Crippen LogP contribution in [0.1, 0.15) is 16.1 Å². The lowest BCUT2D eigenvalue weighted by atomic mass is 10.3. The highest BCUT2D eigenvalue weighted by atomic mass is 32.2. The second kappa shape index (κ2) is 3.81. The summed E-state index contributed by atoms with van der Waals surface area (Å²) in [5.74, 6) is -1.32. The van der Waals surface area contributed by atoms with Gasteiger partial charge in [0.25, 0.3) is 0 Å². The number of sulfonamides is 1. The first-order valence-corrected chi connectivity index (χ1v) is 5.31. The maximum atomic E-state index is 11.0. The van der Waals surface area contributed by atoms with Crippen molar-refractivity contribution in [2.45, 2.75) is 5.75 Å². The molecule has 0 aliphatic carbocycles. The Morgan fingerprint density at radius 1 is 1.64 bits per heavy atom. The van der Waals surface area contributed by atoms with E-state index in [2.05, 4.69) is 4.74 Å². The van der Waals surface area contributed by atoms with Crippen molar-refractivity contribution >= 4 is 16.0 Å². The zero-order valence-corrected chi connectivity index (χ0v) is 8.21. The number of rotatable bonds is 3. The maximum absolute atomic E-state index is 11.0. The summed E-state index contributed by atoms with van der Waals surface area (Å²) in [6.07, 6.45) is 1.20. The number of hydrogen-bond donors (Lipinski definition) is 1. The predicted octanol–water partition coefficient (Wildman–Crippen LogP) is -0.145. The van der Waals surface area contributed by atoms with E-state index in [1.54, 1.807) is 0 Å². The van der Waals surface area contributed by atoms with Gasteiger partial charge < -0.3 is 9.15 Å². The Hall–Kier alpha value is -1.34. The second-order valence-corrected chi connectivity index (χ2v) is 4.19. The summed E-state index contributed by atoms with van der Waals surface area (Å²) in [5, 5.41) is 4.82. The predicted molar refractivity (Wildman–Crippen MR) is 46.9 cm³/mol. The number of ether oxygens (including phenoxy) is 1. The summed E-state index contributed by atoms with van der Waals surface area (Å²) in [4.78, 5) is 11.0. The summed E-state index contributed by atoms with van der Waals surface area (Å²) < 4.78 is 30.6. The fraction of sp³-hybridized carbons (Fsp3) is 0.286. The van der Waals surface area contributed by atoms with Gasteiger partial charge in [-0.1, -0.05) is 0 Å². The molecule has 78 valence electrons. The summed E-state index contributed by atoms with van der Waals surface area (Å²) in [6, 6.07) is 1.36. The molecule has 1 aromatic heterocycles. The Morgan fingerprint density at radius 2 is 2.29 bits per heavy atom. The smallest absolute Gasteiger partial charge is 0.374 e. The zero-order valence-electron chi connectivity index (χ0n) is 7.39. The first kappa shape index (κ1) is 10.7. The number of furan rings is 1. The van der Waals surface area contributed by atoms with Gasteiger partial charge in [0.05, 0.1) is 19.1 Å². The zero-order chi connectivity index (χ0) is 10.8. The van der Waals surface area contributed by atoms with Crippen molar-refractivity contribution in [1.82, 2.24) is 0 Å². The summed E-state index contributed by atoms with van der Waals surface area (Å²) >= 11 is 0. The fourth-order valence-corrected chi connectivity index (χ4v) is 1.60. The van der Waals surface area contributed by atoms with Crippen molar-refractivity contribution in [3.8, 4) is 0 Å². The number of carbonyl (C=O) groups excluding carboxylic acids is 1. The highest BCUT2D eigenvalue weighted by molar-refractivity contribution is 7.88. The molecule has 7 heteroatoms. The SMILES string of the molecule is COC(=O)c1occc1CS(N)(=O)=O. The molecule has 0 spiro atoms. The second-order valence-electron chi connectivity index (χ2n) is 2.57. The molecule has 2 N–H and O–H groups in total. The third-order valence-corrected chi connectivity index (χ3v) is 2.19. The molecule has 0 aromatic carbocycles. The Labute approximate surface area is 80.7 Å². The molecule has 0 amide bonds. The van der Waals surface area contributed by atoms with Crippen LogP contribution in [0.2, 0.25) is 0 Å². The van der Waals surface area contributed by atoms with Crippen molar-refractivity contribution in [3.05, 3.63) is 23.7 Å².